The molecule has 1 unspecified atom stereocenters. The standard InChI is InChI=1S/C16H14F3N5OS/c17-10-6-12(19)11(18)5-9(10)8-3-4-23(7-13(8)20)15-2-1-14-21-16(25)26-24(14)22-15/h1-2,5-6,8,13H,3-4,7,20H2/t8?,13-/m0/s1. The molecule has 0 amide bonds. The van der Waals surface area contributed by atoms with Crippen molar-refractivity contribution in [3.05, 3.63) is 56.9 Å². The number of benzene rings is 1. The Labute approximate surface area is 149 Å². The number of halogens is 3. The molecule has 1 aliphatic rings. The lowest BCUT2D eigenvalue weighted by atomic mass is 9.85. The van der Waals surface area contributed by atoms with Gasteiger partial charge in [0, 0.05) is 42.6 Å². The predicted octanol–water partition coefficient (Wildman–Crippen LogP) is 1.89. The zero-order chi connectivity index (χ0) is 18.4. The van der Waals surface area contributed by atoms with Gasteiger partial charge in [-0.3, -0.25) is 4.79 Å². The van der Waals surface area contributed by atoms with E-state index in [2.05, 4.69) is 10.1 Å². The molecular formula is C16H14F3N5OS. The van der Waals surface area contributed by atoms with E-state index in [9.17, 15) is 18.0 Å². The van der Waals surface area contributed by atoms with Crippen LogP contribution >= 0.6 is 11.5 Å². The van der Waals surface area contributed by atoms with E-state index >= 15 is 0 Å². The maximum absolute atomic E-state index is 14.1. The van der Waals surface area contributed by atoms with Gasteiger partial charge in [-0.25, -0.2) is 13.2 Å². The summed E-state index contributed by atoms with van der Waals surface area (Å²) in [4.78, 5) is 16.7. The van der Waals surface area contributed by atoms with Crippen LogP contribution in [-0.4, -0.2) is 33.1 Å². The molecule has 0 saturated carbocycles. The van der Waals surface area contributed by atoms with Crippen molar-refractivity contribution in [2.45, 2.75) is 18.4 Å². The summed E-state index contributed by atoms with van der Waals surface area (Å²) in [5.41, 5.74) is 6.75. The molecule has 26 heavy (non-hydrogen) atoms. The molecule has 1 aliphatic heterocycles. The zero-order valence-corrected chi connectivity index (χ0v) is 14.2. The van der Waals surface area contributed by atoms with Crippen LogP contribution in [0.25, 0.3) is 5.65 Å². The lowest BCUT2D eigenvalue weighted by Crippen LogP contribution is -2.48. The second-order valence-electron chi connectivity index (χ2n) is 6.18. The van der Waals surface area contributed by atoms with E-state index < -0.39 is 29.4 Å². The highest BCUT2D eigenvalue weighted by Crippen LogP contribution is 2.32. The van der Waals surface area contributed by atoms with E-state index in [0.717, 1.165) is 17.6 Å². The van der Waals surface area contributed by atoms with Gasteiger partial charge in [0.1, 0.15) is 5.82 Å². The monoisotopic (exact) mass is 381 g/mol. The molecule has 10 heteroatoms. The summed E-state index contributed by atoms with van der Waals surface area (Å²) in [5, 5.41) is 4.35. The number of fused-ring (bicyclic) bond motifs is 1. The van der Waals surface area contributed by atoms with Crippen molar-refractivity contribution in [3.63, 3.8) is 0 Å². The minimum Gasteiger partial charge on any atom is -0.354 e. The van der Waals surface area contributed by atoms with Gasteiger partial charge < -0.3 is 10.6 Å². The van der Waals surface area contributed by atoms with Crippen molar-refractivity contribution in [1.82, 2.24) is 14.0 Å². The highest BCUT2D eigenvalue weighted by Gasteiger charge is 2.31. The van der Waals surface area contributed by atoms with Gasteiger partial charge >= 0.3 is 4.87 Å². The van der Waals surface area contributed by atoms with Crippen molar-refractivity contribution in [2.75, 3.05) is 18.0 Å². The van der Waals surface area contributed by atoms with Crippen LogP contribution in [0.3, 0.4) is 0 Å². The summed E-state index contributed by atoms with van der Waals surface area (Å²) in [6.07, 6.45) is 0.461. The van der Waals surface area contributed by atoms with E-state index in [1.807, 2.05) is 4.90 Å². The quantitative estimate of drug-likeness (QED) is 0.686. The minimum atomic E-state index is -1.21. The minimum absolute atomic E-state index is 0.0901. The molecule has 0 bridgehead atoms. The van der Waals surface area contributed by atoms with E-state index in [-0.39, 0.29) is 10.4 Å². The van der Waals surface area contributed by atoms with E-state index in [4.69, 9.17) is 5.73 Å². The smallest absolute Gasteiger partial charge is 0.346 e. The average Bonchev–Trinajstić information content (AvgIpc) is 2.97. The van der Waals surface area contributed by atoms with Gasteiger partial charge in [0.25, 0.3) is 0 Å². The van der Waals surface area contributed by atoms with E-state index in [1.54, 1.807) is 12.1 Å². The number of hydrogen-bond donors (Lipinski definition) is 1. The number of nitrogens with zero attached hydrogens (tertiary/aromatic N) is 4. The maximum Gasteiger partial charge on any atom is 0.346 e. The van der Waals surface area contributed by atoms with Gasteiger partial charge in [-0.15, -0.1) is 5.10 Å². The number of piperidine rings is 1. The van der Waals surface area contributed by atoms with Crippen LogP contribution in [0.15, 0.2) is 29.1 Å². The third-order valence-corrected chi connectivity index (χ3v) is 5.25. The Morgan fingerprint density at radius 3 is 2.69 bits per heavy atom. The summed E-state index contributed by atoms with van der Waals surface area (Å²) >= 11 is 0.888. The first-order chi connectivity index (χ1) is 12.4. The fourth-order valence-electron chi connectivity index (χ4n) is 3.29. The highest BCUT2D eigenvalue weighted by atomic mass is 32.1. The van der Waals surface area contributed by atoms with Crippen molar-refractivity contribution in [3.8, 4) is 0 Å². The van der Waals surface area contributed by atoms with Crippen LogP contribution in [0.1, 0.15) is 17.9 Å². The average molecular weight is 381 g/mol. The van der Waals surface area contributed by atoms with Crippen molar-refractivity contribution < 1.29 is 13.2 Å². The fraction of sp³-hybridized carbons (Fsp3) is 0.312. The summed E-state index contributed by atoms with van der Waals surface area (Å²) in [7, 11) is 0. The van der Waals surface area contributed by atoms with Crippen LogP contribution in [0.4, 0.5) is 19.0 Å². The second-order valence-corrected chi connectivity index (χ2v) is 7.06. The number of anilines is 1. The van der Waals surface area contributed by atoms with Crippen LogP contribution < -0.4 is 15.5 Å². The summed E-state index contributed by atoms with van der Waals surface area (Å²) < 4.78 is 42.1. The molecule has 1 fully saturated rings. The molecule has 0 spiro atoms. The molecule has 0 radical (unpaired) electrons. The van der Waals surface area contributed by atoms with Gasteiger partial charge in [0.15, 0.2) is 23.1 Å². The zero-order valence-electron chi connectivity index (χ0n) is 13.4. The Morgan fingerprint density at radius 2 is 1.92 bits per heavy atom. The number of nitrogens with two attached hydrogens (primary N) is 1. The normalized spacial score (nSPS) is 20.7. The first-order valence-electron chi connectivity index (χ1n) is 7.95. The lowest BCUT2D eigenvalue weighted by molar-refractivity contribution is 0.415. The predicted molar refractivity (Wildman–Crippen MR) is 91.0 cm³/mol. The molecule has 136 valence electrons. The number of hydrogen-bond acceptors (Lipinski definition) is 6. The molecule has 6 nitrogen and oxygen atoms in total. The first kappa shape index (κ1) is 17.0. The van der Waals surface area contributed by atoms with Crippen LogP contribution in [0, 0.1) is 17.5 Å². The van der Waals surface area contributed by atoms with Crippen LogP contribution in [-0.2, 0) is 0 Å². The van der Waals surface area contributed by atoms with Crippen molar-refractivity contribution in [1.29, 1.82) is 0 Å². The Kier molecular flexibility index (Phi) is 4.16. The molecule has 2 atom stereocenters. The third kappa shape index (κ3) is 2.95. The molecule has 4 rings (SSSR count). The van der Waals surface area contributed by atoms with Crippen molar-refractivity contribution in [2.24, 2.45) is 5.73 Å². The Morgan fingerprint density at radius 1 is 1.15 bits per heavy atom. The van der Waals surface area contributed by atoms with Gasteiger partial charge in [-0.2, -0.15) is 8.89 Å². The van der Waals surface area contributed by atoms with Gasteiger partial charge in [0.05, 0.1) is 0 Å². The van der Waals surface area contributed by atoms with E-state index in [1.165, 1.54) is 3.90 Å². The molecular weight excluding hydrogens is 367 g/mol. The van der Waals surface area contributed by atoms with Crippen LogP contribution in [0.2, 0.25) is 0 Å². The fourth-order valence-corrected chi connectivity index (χ4v) is 3.89. The molecule has 3 aromatic rings. The SMILES string of the molecule is N[C@H]1CN(c2ccc3nc(=O)sn3n2)CCC1c1cc(F)c(F)cc1F. The summed E-state index contributed by atoms with van der Waals surface area (Å²) in [6, 6.07) is 4.38. The van der Waals surface area contributed by atoms with E-state index in [0.29, 0.717) is 37.0 Å². The lowest BCUT2D eigenvalue weighted by Gasteiger charge is -2.37. The first-order valence-corrected chi connectivity index (χ1v) is 8.72. The second kappa shape index (κ2) is 6.36. The van der Waals surface area contributed by atoms with Gasteiger partial charge in [0.2, 0.25) is 0 Å². The third-order valence-electron chi connectivity index (χ3n) is 4.56. The van der Waals surface area contributed by atoms with Crippen molar-refractivity contribution >= 4 is 23.0 Å². The van der Waals surface area contributed by atoms with Gasteiger partial charge in [-0.1, -0.05) is 0 Å². The molecule has 1 saturated heterocycles. The number of aromatic nitrogens is 3. The van der Waals surface area contributed by atoms with Gasteiger partial charge in [-0.05, 0) is 30.2 Å². The molecule has 3 heterocycles. The Balaban J connectivity index is 1.58. The molecule has 1 aromatic carbocycles. The molecule has 2 aromatic heterocycles. The molecule has 2 N–H and O–H groups in total. The topological polar surface area (TPSA) is 76.5 Å². The largest absolute Gasteiger partial charge is 0.354 e. The maximum atomic E-state index is 14.1. The number of rotatable bonds is 2. The summed E-state index contributed by atoms with van der Waals surface area (Å²) in [6.45, 7) is 0.879. The Bertz CT molecular complexity index is 1040. The Hall–Kier alpha value is -2.46. The highest BCUT2D eigenvalue weighted by molar-refractivity contribution is 7.03. The van der Waals surface area contributed by atoms with Crippen LogP contribution in [0.5, 0.6) is 0 Å². The molecule has 0 aliphatic carbocycles. The summed E-state index contributed by atoms with van der Waals surface area (Å²) in [5.74, 6) is -2.90.